The molecule has 1 amide bonds. The Morgan fingerprint density at radius 3 is 2.42 bits per heavy atom. The first-order chi connectivity index (χ1) is 12.4. The molecule has 0 bridgehead atoms. The highest BCUT2D eigenvalue weighted by molar-refractivity contribution is 7.91. The summed E-state index contributed by atoms with van der Waals surface area (Å²) in [5.74, 6) is 0.356. The molecule has 5 nitrogen and oxygen atoms in total. The summed E-state index contributed by atoms with van der Waals surface area (Å²) in [6.07, 6.45) is 2.55. The van der Waals surface area contributed by atoms with Crippen molar-refractivity contribution < 1.29 is 13.2 Å². The third kappa shape index (κ3) is 3.56. The predicted octanol–water partition coefficient (Wildman–Crippen LogP) is 2.45. The Morgan fingerprint density at radius 2 is 1.77 bits per heavy atom. The zero-order chi connectivity index (χ0) is 18.3. The van der Waals surface area contributed by atoms with Crippen LogP contribution in [0, 0.1) is 0 Å². The van der Waals surface area contributed by atoms with Gasteiger partial charge in [-0.1, -0.05) is 30.3 Å². The number of nitrogens with zero attached hydrogens (tertiary/aromatic N) is 2. The van der Waals surface area contributed by atoms with Crippen molar-refractivity contribution in [3.63, 3.8) is 0 Å². The highest BCUT2D eigenvalue weighted by atomic mass is 32.2. The molecule has 138 valence electrons. The van der Waals surface area contributed by atoms with E-state index in [2.05, 4.69) is 24.3 Å². The van der Waals surface area contributed by atoms with Crippen LogP contribution < -0.4 is 4.90 Å². The van der Waals surface area contributed by atoms with E-state index < -0.39 is 9.84 Å². The monoisotopic (exact) mass is 372 g/mol. The summed E-state index contributed by atoms with van der Waals surface area (Å²) in [5.41, 5.74) is 0.992. The van der Waals surface area contributed by atoms with E-state index in [0.29, 0.717) is 6.42 Å². The Morgan fingerprint density at radius 1 is 1.04 bits per heavy atom. The maximum absolute atomic E-state index is 13.0. The van der Waals surface area contributed by atoms with Gasteiger partial charge in [-0.15, -0.1) is 0 Å². The Hall–Kier alpha value is -2.08. The molecule has 0 aromatic heterocycles. The lowest BCUT2D eigenvalue weighted by Crippen LogP contribution is -2.47. The minimum Gasteiger partial charge on any atom is -0.365 e. The van der Waals surface area contributed by atoms with Crippen molar-refractivity contribution in [2.24, 2.45) is 0 Å². The summed E-state index contributed by atoms with van der Waals surface area (Å²) in [5, 5.41) is 2.32. The third-order valence-corrected chi connectivity index (χ3v) is 7.13. The topological polar surface area (TPSA) is 57.7 Å². The summed E-state index contributed by atoms with van der Waals surface area (Å²) in [6, 6.07) is 14.4. The highest BCUT2D eigenvalue weighted by Gasteiger charge is 2.42. The first-order valence-corrected chi connectivity index (χ1v) is 11.0. The van der Waals surface area contributed by atoms with E-state index in [1.165, 1.54) is 5.39 Å². The number of benzene rings is 2. The van der Waals surface area contributed by atoms with Crippen LogP contribution in [0.15, 0.2) is 42.5 Å². The Kier molecular flexibility index (Phi) is 4.39. The smallest absolute Gasteiger partial charge is 0.242 e. The quantitative estimate of drug-likeness (QED) is 0.809. The lowest BCUT2D eigenvalue weighted by Gasteiger charge is -2.31. The largest absolute Gasteiger partial charge is 0.365 e. The molecule has 0 spiro atoms. The first kappa shape index (κ1) is 17.3. The highest BCUT2D eigenvalue weighted by Crippen LogP contribution is 2.32. The number of sulfone groups is 1. The van der Waals surface area contributed by atoms with Gasteiger partial charge in [0.2, 0.25) is 5.91 Å². The SMILES string of the molecule is CN(CC(=O)N(C1CC1)[C@H]1CCS(=O)(=O)C1)c1ccc2ccccc2c1. The lowest BCUT2D eigenvalue weighted by atomic mass is 10.1. The maximum Gasteiger partial charge on any atom is 0.242 e. The molecule has 4 rings (SSSR count). The summed E-state index contributed by atoms with van der Waals surface area (Å²) >= 11 is 0. The second kappa shape index (κ2) is 6.58. The van der Waals surface area contributed by atoms with Crippen molar-refractivity contribution in [1.29, 1.82) is 0 Å². The minimum absolute atomic E-state index is 0.0326. The number of amides is 1. The number of hydrogen-bond acceptors (Lipinski definition) is 4. The van der Waals surface area contributed by atoms with Crippen molar-refractivity contribution in [1.82, 2.24) is 4.90 Å². The Bertz CT molecular complexity index is 937. The lowest BCUT2D eigenvalue weighted by molar-refractivity contribution is -0.132. The van der Waals surface area contributed by atoms with Gasteiger partial charge < -0.3 is 9.80 Å². The van der Waals surface area contributed by atoms with Gasteiger partial charge in [0.1, 0.15) is 0 Å². The molecule has 1 aliphatic heterocycles. The van der Waals surface area contributed by atoms with Crippen LogP contribution in [0.1, 0.15) is 19.3 Å². The number of hydrogen-bond donors (Lipinski definition) is 0. The second-order valence-corrected chi connectivity index (χ2v) is 9.71. The summed E-state index contributed by atoms with van der Waals surface area (Å²) < 4.78 is 23.7. The van der Waals surface area contributed by atoms with Crippen LogP contribution >= 0.6 is 0 Å². The van der Waals surface area contributed by atoms with Crippen LogP contribution in [0.5, 0.6) is 0 Å². The van der Waals surface area contributed by atoms with E-state index >= 15 is 0 Å². The summed E-state index contributed by atoms with van der Waals surface area (Å²) in [4.78, 5) is 16.8. The third-order valence-electron chi connectivity index (χ3n) is 5.38. The summed E-state index contributed by atoms with van der Waals surface area (Å²) in [7, 11) is -1.08. The molecule has 6 heteroatoms. The fraction of sp³-hybridized carbons (Fsp3) is 0.450. The molecule has 2 aromatic rings. The number of likely N-dealkylation sites (N-methyl/N-ethyl adjacent to an activating group) is 1. The van der Waals surface area contributed by atoms with E-state index in [4.69, 9.17) is 0 Å². The van der Waals surface area contributed by atoms with Crippen LogP contribution in [0.3, 0.4) is 0 Å². The fourth-order valence-electron chi connectivity index (χ4n) is 3.84. The van der Waals surface area contributed by atoms with Gasteiger partial charge in [-0.2, -0.15) is 0 Å². The van der Waals surface area contributed by atoms with Gasteiger partial charge in [0.15, 0.2) is 9.84 Å². The number of anilines is 1. The zero-order valence-corrected chi connectivity index (χ0v) is 15.8. The van der Waals surface area contributed by atoms with Crippen LogP contribution in [-0.2, 0) is 14.6 Å². The molecule has 1 saturated heterocycles. The van der Waals surface area contributed by atoms with Crippen LogP contribution in [-0.4, -0.2) is 56.4 Å². The van der Waals surface area contributed by atoms with Gasteiger partial charge in [0, 0.05) is 24.8 Å². The van der Waals surface area contributed by atoms with E-state index in [-0.39, 0.29) is 36.0 Å². The van der Waals surface area contributed by atoms with E-state index in [1.54, 1.807) is 0 Å². The number of fused-ring (bicyclic) bond motifs is 1. The predicted molar refractivity (Wildman–Crippen MR) is 104 cm³/mol. The molecule has 2 fully saturated rings. The van der Waals surface area contributed by atoms with Crippen molar-refractivity contribution >= 4 is 32.2 Å². The average molecular weight is 372 g/mol. The van der Waals surface area contributed by atoms with Gasteiger partial charge in [0.25, 0.3) is 0 Å². The second-order valence-electron chi connectivity index (χ2n) is 7.48. The normalized spacial score (nSPS) is 21.7. The van der Waals surface area contributed by atoms with Gasteiger partial charge in [-0.3, -0.25) is 4.79 Å². The minimum atomic E-state index is -2.99. The van der Waals surface area contributed by atoms with Gasteiger partial charge in [-0.05, 0) is 42.2 Å². The standard InChI is InChI=1S/C20H24N2O3S/c1-21(18-7-6-15-4-2-3-5-16(15)12-18)13-20(23)22(17-8-9-17)19-10-11-26(24,25)14-19/h2-7,12,17,19H,8-11,13-14H2,1H3/t19-/m0/s1. The van der Waals surface area contributed by atoms with Gasteiger partial charge >= 0.3 is 0 Å². The zero-order valence-electron chi connectivity index (χ0n) is 15.0. The molecular weight excluding hydrogens is 348 g/mol. The molecule has 26 heavy (non-hydrogen) atoms. The van der Waals surface area contributed by atoms with Crippen LogP contribution in [0.25, 0.3) is 10.8 Å². The van der Waals surface area contributed by atoms with Crippen LogP contribution in [0.2, 0.25) is 0 Å². The van der Waals surface area contributed by atoms with E-state index in [0.717, 1.165) is 23.9 Å². The number of carbonyl (C=O) groups excluding carboxylic acids is 1. The molecule has 0 N–H and O–H groups in total. The van der Waals surface area contributed by atoms with Gasteiger partial charge in [0.05, 0.1) is 18.1 Å². The Labute approximate surface area is 154 Å². The first-order valence-electron chi connectivity index (χ1n) is 9.14. The van der Waals surface area contributed by atoms with Crippen molar-refractivity contribution in [2.75, 3.05) is 30.0 Å². The average Bonchev–Trinajstić information content (AvgIpc) is 3.37. The van der Waals surface area contributed by atoms with E-state index in [1.807, 2.05) is 35.0 Å². The molecule has 1 aliphatic carbocycles. The fourth-order valence-corrected chi connectivity index (χ4v) is 5.55. The molecule has 2 aliphatic rings. The number of rotatable bonds is 5. The van der Waals surface area contributed by atoms with Crippen molar-refractivity contribution in [3.8, 4) is 0 Å². The number of carbonyl (C=O) groups is 1. The molecule has 0 radical (unpaired) electrons. The maximum atomic E-state index is 13.0. The van der Waals surface area contributed by atoms with E-state index in [9.17, 15) is 13.2 Å². The molecule has 2 aromatic carbocycles. The van der Waals surface area contributed by atoms with Gasteiger partial charge in [-0.25, -0.2) is 8.42 Å². The molecule has 0 unspecified atom stereocenters. The molecule has 1 atom stereocenters. The van der Waals surface area contributed by atoms with Crippen LogP contribution in [0.4, 0.5) is 5.69 Å². The Balaban J connectivity index is 1.50. The molecule has 1 saturated carbocycles. The summed E-state index contributed by atoms with van der Waals surface area (Å²) in [6.45, 7) is 0.269. The molecular formula is C20H24N2O3S. The van der Waals surface area contributed by atoms with Crippen molar-refractivity contribution in [2.45, 2.75) is 31.3 Å². The van der Waals surface area contributed by atoms with Crippen molar-refractivity contribution in [3.05, 3.63) is 42.5 Å². The molecule has 1 heterocycles.